The Morgan fingerprint density at radius 2 is 1.76 bits per heavy atom. The Labute approximate surface area is 170 Å². The van der Waals surface area contributed by atoms with Crippen LogP contribution >= 0.6 is 0 Å². The highest BCUT2D eigenvalue weighted by atomic mass is 32.2. The second kappa shape index (κ2) is 7.53. The molecule has 4 rings (SSSR count). The number of carbonyl (C=O) groups is 1. The van der Waals surface area contributed by atoms with Crippen LogP contribution in [0.5, 0.6) is 0 Å². The highest BCUT2D eigenvalue weighted by Gasteiger charge is 2.23. The van der Waals surface area contributed by atoms with Crippen LogP contribution in [0.3, 0.4) is 0 Å². The molecule has 0 radical (unpaired) electrons. The summed E-state index contributed by atoms with van der Waals surface area (Å²) in [6.45, 7) is 6.50. The van der Waals surface area contributed by atoms with E-state index in [0.29, 0.717) is 24.3 Å². The monoisotopic (exact) mass is 412 g/mol. The van der Waals surface area contributed by atoms with Crippen LogP contribution in [0.15, 0.2) is 47.5 Å². The van der Waals surface area contributed by atoms with Crippen molar-refractivity contribution >= 4 is 32.5 Å². The molecule has 2 aromatic carbocycles. The number of rotatable bonds is 4. The third kappa shape index (κ3) is 3.73. The summed E-state index contributed by atoms with van der Waals surface area (Å²) in [6.07, 6.45) is 1.78. The number of fused-ring (bicyclic) bond motifs is 1. The first-order chi connectivity index (χ1) is 13.9. The fourth-order valence-corrected chi connectivity index (χ4v) is 4.73. The van der Waals surface area contributed by atoms with Gasteiger partial charge < -0.3 is 15.2 Å². The van der Waals surface area contributed by atoms with Gasteiger partial charge in [-0.25, -0.2) is 8.42 Å². The maximum atomic E-state index is 13.1. The van der Waals surface area contributed by atoms with Crippen LogP contribution < -0.4 is 10.0 Å². The Kier molecular flexibility index (Phi) is 5.06. The molecule has 1 saturated heterocycles. The first-order valence-electron chi connectivity index (χ1n) is 9.57. The standard InChI is InChI=1S/C21H24N4O3S/c1-14-4-6-19(20-17(14)7-8-23-20)24-29(27,28)16-5-3-15(2)18(13-16)21(26)25-11-9-22-10-12-25/h3-8,13,22-24H,9-12H2,1-2H3. The Bertz CT molecular complexity index is 1180. The summed E-state index contributed by atoms with van der Waals surface area (Å²) < 4.78 is 28.8. The number of aryl methyl sites for hydroxylation is 2. The highest BCUT2D eigenvalue weighted by Crippen LogP contribution is 2.28. The van der Waals surface area contributed by atoms with Crippen molar-refractivity contribution in [3.8, 4) is 0 Å². The summed E-state index contributed by atoms with van der Waals surface area (Å²) in [4.78, 5) is 17.8. The van der Waals surface area contributed by atoms with Crippen molar-refractivity contribution in [2.24, 2.45) is 0 Å². The number of nitrogens with one attached hydrogen (secondary N) is 3. The first kappa shape index (κ1) is 19.5. The minimum Gasteiger partial charge on any atom is -0.359 e. The largest absolute Gasteiger partial charge is 0.359 e. The van der Waals surface area contributed by atoms with E-state index in [1.165, 1.54) is 12.1 Å². The highest BCUT2D eigenvalue weighted by molar-refractivity contribution is 7.92. The molecule has 1 aliphatic heterocycles. The summed E-state index contributed by atoms with van der Waals surface area (Å²) in [7, 11) is -3.85. The number of H-pyrrole nitrogens is 1. The number of sulfonamides is 1. The molecule has 1 fully saturated rings. The summed E-state index contributed by atoms with van der Waals surface area (Å²) in [5, 5.41) is 4.17. The number of piperazine rings is 1. The molecule has 1 aromatic heterocycles. The molecule has 0 atom stereocenters. The molecule has 0 unspecified atom stereocenters. The molecule has 2 heterocycles. The predicted octanol–water partition coefficient (Wildman–Crippen LogP) is 2.63. The summed E-state index contributed by atoms with van der Waals surface area (Å²) >= 11 is 0. The number of hydrogen-bond donors (Lipinski definition) is 3. The van der Waals surface area contributed by atoms with E-state index in [2.05, 4.69) is 15.0 Å². The van der Waals surface area contributed by atoms with E-state index in [4.69, 9.17) is 0 Å². The van der Waals surface area contributed by atoms with E-state index in [-0.39, 0.29) is 10.8 Å². The van der Waals surface area contributed by atoms with Crippen LogP contribution in [0.4, 0.5) is 5.69 Å². The van der Waals surface area contributed by atoms with Gasteiger partial charge in [0.2, 0.25) is 0 Å². The average Bonchev–Trinajstić information content (AvgIpc) is 3.21. The molecule has 3 aromatic rings. The molecule has 29 heavy (non-hydrogen) atoms. The zero-order chi connectivity index (χ0) is 20.6. The molecule has 0 spiro atoms. The smallest absolute Gasteiger partial charge is 0.261 e. The van der Waals surface area contributed by atoms with Gasteiger partial charge in [0.15, 0.2) is 0 Å². The van der Waals surface area contributed by atoms with Gasteiger partial charge in [-0.2, -0.15) is 0 Å². The third-order valence-corrected chi connectivity index (χ3v) is 6.70. The molecule has 1 amide bonds. The van der Waals surface area contributed by atoms with Gasteiger partial charge >= 0.3 is 0 Å². The van der Waals surface area contributed by atoms with Gasteiger partial charge in [0.1, 0.15) is 0 Å². The maximum absolute atomic E-state index is 13.1. The van der Waals surface area contributed by atoms with Crippen molar-refractivity contribution in [3.63, 3.8) is 0 Å². The molecule has 152 valence electrons. The lowest BCUT2D eigenvalue weighted by Gasteiger charge is -2.28. The van der Waals surface area contributed by atoms with Gasteiger partial charge in [-0.05, 0) is 49.2 Å². The Morgan fingerprint density at radius 3 is 2.52 bits per heavy atom. The Morgan fingerprint density at radius 1 is 1.03 bits per heavy atom. The van der Waals surface area contributed by atoms with Crippen LogP contribution in [-0.2, 0) is 10.0 Å². The minimum atomic E-state index is -3.85. The van der Waals surface area contributed by atoms with E-state index < -0.39 is 10.0 Å². The molecular weight excluding hydrogens is 388 g/mol. The van der Waals surface area contributed by atoms with E-state index >= 15 is 0 Å². The Hall–Kier alpha value is -2.84. The molecule has 0 bridgehead atoms. The van der Waals surface area contributed by atoms with Crippen molar-refractivity contribution in [1.29, 1.82) is 0 Å². The van der Waals surface area contributed by atoms with E-state index in [9.17, 15) is 13.2 Å². The van der Waals surface area contributed by atoms with Gasteiger partial charge in [0.05, 0.1) is 16.1 Å². The molecule has 7 nitrogen and oxygen atoms in total. The lowest BCUT2D eigenvalue weighted by molar-refractivity contribution is 0.0735. The Balaban J connectivity index is 1.67. The number of aromatic amines is 1. The van der Waals surface area contributed by atoms with Crippen molar-refractivity contribution in [2.75, 3.05) is 30.9 Å². The summed E-state index contributed by atoms with van der Waals surface area (Å²) in [6, 6.07) is 10.2. The van der Waals surface area contributed by atoms with Crippen LogP contribution in [0.1, 0.15) is 21.5 Å². The zero-order valence-electron chi connectivity index (χ0n) is 16.5. The van der Waals surface area contributed by atoms with E-state index in [0.717, 1.165) is 35.1 Å². The number of nitrogens with zero attached hydrogens (tertiary/aromatic N) is 1. The number of anilines is 1. The SMILES string of the molecule is Cc1ccc(S(=O)(=O)Nc2ccc(C)c3cc[nH]c23)cc1C(=O)N1CCNCC1. The lowest BCUT2D eigenvalue weighted by atomic mass is 10.1. The summed E-state index contributed by atoms with van der Waals surface area (Å²) in [5.41, 5.74) is 3.45. The molecule has 0 aliphatic carbocycles. The first-order valence-corrected chi connectivity index (χ1v) is 11.1. The van der Waals surface area contributed by atoms with Crippen LogP contribution in [0, 0.1) is 13.8 Å². The van der Waals surface area contributed by atoms with Gasteiger partial charge in [0, 0.05) is 43.3 Å². The van der Waals surface area contributed by atoms with Gasteiger partial charge in [0.25, 0.3) is 15.9 Å². The zero-order valence-corrected chi connectivity index (χ0v) is 17.3. The second-order valence-electron chi connectivity index (χ2n) is 7.32. The van der Waals surface area contributed by atoms with Crippen molar-refractivity contribution in [1.82, 2.24) is 15.2 Å². The topological polar surface area (TPSA) is 94.3 Å². The number of hydrogen-bond acceptors (Lipinski definition) is 4. The molecule has 0 saturated carbocycles. The molecule has 1 aliphatic rings. The number of carbonyl (C=O) groups excluding carboxylic acids is 1. The predicted molar refractivity (Wildman–Crippen MR) is 114 cm³/mol. The van der Waals surface area contributed by atoms with Crippen LogP contribution in [0.25, 0.3) is 10.9 Å². The molecular formula is C21H24N4O3S. The fourth-order valence-electron chi connectivity index (χ4n) is 3.63. The maximum Gasteiger partial charge on any atom is 0.261 e. The lowest BCUT2D eigenvalue weighted by Crippen LogP contribution is -2.46. The minimum absolute atomic E-state index is 0.0712. The van der Waals surface area contributed by atoms with Crippen LogP contribution in [-0.4, -0.2) is 50.4 Å². The number of benzene rings is 2. The second-order valence-corrected chi connectivity index (χ2v) is 9.00. The quantitative estimate of drug-likeness (QED) is 0.614. The average molecular weight is 413 g/mol. The normalized spacial score (nSPS) is 14.9. The van der Waals surface area contributed by atoms with Crippen LogP contribution in [0.2, 0.25) is 0 Å². The number of amides is 1. The summed E-state index contributed by atoms with van der Waals surface area (Å²) in [5.74, 6) is -0.136. The van der Waals surface area contributed by atoms with Gasteiger partial charge in [-0.1, -0.05) is 12.1 Å². The van der Waals surface area contributed by atoms with E-state index in [1.54, 1.807) is 23.2 Å². The number of aromatic nitrogens is 1. The molecule has 8 heteroatoms. The van der Waals surface area contributed by atoms with Crippen molar-refractivity contribution < 1.29 is 13.2 Å². The van der Waals surface area contributed by atoms with Gasteiger partial charge in [-0.15, -0.1) is 0 Å². The van der Waals surface area contributed by atoms with E-state index in [1.807, 2.05) is 26.0 Å². The fraction of sp³-hybridized carbons (Fsp3) is 0.286. The van der Waals surface area contributed by atoms with Crippen molar-refractivity contribution in [2.45, 2.75) is 18.7 Å². The third-order valence-electron chi connectivity index (χ3n) is 5.34. The molecule has 3 N–H and O–H groups in total. The van der Waals surface area contributed by atoms with Crippen molar-refractivity contribution in [3.05, 3.63) is 59.3 Å². The van der Waals surface area contributed by atoms with Gasteiger partial charge in [-0.3, -0.25) is 9.52 Å².